The molecular weight excluding hydrogens is 329 g/mol. The van der Waals surface area contributed by atoms with E-state index < -0.39 is 15.6 Å². The van der Waals surface area contributed by atoms with E-state index in [-0.39, 0.29) is 15.8 Å². The first-order valence-electron chi connectivity index (χ1n) is 6.29. The lowest BCUT2D eigenvalue weighted by atomic mass is 9.96. The van der Waals surface area contributed by atoms with Gasteiger partial charge in [-0.2, -0.15) is 4.72 Å². The zero-order valence-corrected chi connectivity index (χ0v) is 13.7. The van der Waals surface area contributed by atoms with Gasteiger partial charge in [-0.15, -0.1) is 11.6 Å². The third kappa shape index (κ3) is 3.58. The first-order valence-corrected chi connectivity index (χ1v) is 8.69. The lowest BCUT2D eigenvalue weighted by Crippen LogP contribution is -2.45. The van der Waals surface area contributed by atoms with Crippen LogP contribution < -0.4 is 4.72 Å². The first kappa shape index (κ1) is 16.3. The van der Waals surface area contributed by atoms with Crippen molar-refractivity contribution in [2.24, 2.45) is 0 Å². The second-order valence-corrected chi connectivity index (χ2v) is 7.19. The van der Waals surface area contributed by atoms with Crippen molar-refractivity contribution >= 4 is 33.2 Å². The molecule has 0 saturated carbocycles. The molecule has 0 fully saturated rings. The van der Waals surface area contributed by atoms with Crippen LogP contribution in [0.25, 0.3) is 0 Å². The summed E-state index contributed by atoms with van der Waals surface area (Å²) in [4.78, 5) is 0.0407. The first-order chi connectivity index (χ1) is 9.89. The summed E-state index contributed by atoms with van der Waals surface area (Å²) < 4.78 is 27.7. The molecule has 0 spiro atoms. The molecule has 0 aromatic heterocycles. The minimum absolute atomic E-state index is 0.0407. The van der Waals surface area contributed by atoms with Crippen molar-refractivity contribution in [3.8, 4) is 0 Å². The van der Waals surface area contributed by atoms with Gasteiger partial charge in [0.05, 0.1) is 10.6 Å². The van der Waals surface area contributed by atoms with Crippen molar-refractivity contribution < 1.29 is 8.42 Å². The van der Waals surface area contributed by atoms with E-state index in [4.69, 9.17) is 23.2 Å². The largest absolute Gasteiger partial charge is 0.242 e. The Labute approximate surface area is 135 Å². The molecule has 2 aromatic rings. The molecule has 6 heteroatoms. The minimum atomic E-state index is -3.78. The second kappa shape index (κ2) is 6.36. The van der Waals surface area contributed by atoms with Crippen molar-refractivity contribution in [3.63, 3.8) is 0 Å². The van der Waals surface area contributed by atoms with Crippen LogP contribution in [-0.2, 0) is 15.6 Å². The fraction of sp³-hybridized carbons (Fsp3) is 0.200. The predicted octanol–water partition coefficient (Wildman–Crippen LogP) is 3.77. The van der Waals surface area contributed by atoms with E-state index in [1.165, 1.54) is 12.1 Å². The molecule has 0 amide bonds. The Kier molecular flexibility index (Phi) is 4.94. The fourth-order valence-electron chi connectivity index (χ4n) is 1.98. The van der Waals surface area contributed by atoms with Gasteiger partial charge in [-0.25, -0.2) is 8.42 Å². The second-order valence-electron chi connectivity index (χ2n) is 4.87. The van der Waals surface area contributed by atoms with Gasteiger partial charge >= 0.3 is 0 Å². The van der Waals surface area contributed by atoms with Gasteiger partial charge in [-0.3, -0.25) is 0 Å². The van der Waals surface area contributed by atoms with Gasteiger partial charge in [-0.1, -0.05) is 54.1 Å². The average Bonchev–Trinajstić information content (AvgIpc) is 2.48. The van der Waals surface area contributed by atoms with Crippen molar-refractivity contribution in [3.05, 3.63) is 65.2 Å². The van der Waals surface area contributed by atoms with E-state index >= 15 is 0 Å². The SMILES string of the molecule is CC(CCl)(NS(=O)(=O)c1ccccc1Cl)c1ccccc1. The maximum Gasteiger partial charge on any atom is 0.242 e. The fourth-order valence-corrected chi connectivity index (χ4v) is 4.20. The summed E-state index contributed by atoms with van der Waals surface area (Å²) in [6, 6.07) is 15.5. The highest BCUT2D eigenvalue weighted by Gasteiger charge is 2.32. The van der Waals surface area contributed by atoms with Crippen LogP contribution in [0.4, 0.5) is 0 Å². The molecule has 0 bridgehead atoms. The molecule has 2 rings (SSSR count). The van der Waals surface area contributed by atoms with Crippen LogP contribution in [-0.4, -0.2) is 14.3 Å². The summed E-state index contributed by atoms with van der Waals surface area (Å²) in [5, 5.41) is 0.176. The third-order valence-corrected chi connectivity index (χ3v) is 5.79. The molecule has 0 aliphatic heterocycles. The summed E-state index contributed by atoms with van der Waals surface area (Å²) in [6.45, 7) is 1.74. The summed E-state index contributed by atoms with van der Waals surface area (Å²) in [5.74, 6) is 0.0979. The molecule has 21 heavy (non-hydrogen) atoms. The summed E-state index contributed by atoms with van der Waals surface area (Å²) >= 11 is 12.0. The van der Waals surface area contributed by atoms with Crippen LogP contribution in [0.2, 0.25) is 5.02 Å². The van der Waals surface area contributed by atoms with E-state index in [0.717, 1.165) is 5.56 Å². The number of hydrogen-bond donors (Lipinski definition) is 1. The molecule has 0 aliphatic rings. The monoisotopic (exact) mass is 343 g/mol. The van der Waals surface area contributed by atoms with Gasteiger partial charge in [0, 0.05) is 5.88 Å². The van der Waals surface area contributed by atoms with Gasteiger partial charge < -0.3 is 0 Å². The summed E-state index contributed by atoms with van der Waals surface area (Å²) in [5.41, 5.74) is -0.128. The Morgan fingerprint density at radius 2 is 1.62 bits per heavy atom. The topological polar surface area (TPSA) is 46.2 Å². The smallest absolute Gasteiger partial charge is 0.207 e. The van der Waals surface area contributed by atoms with E-state index in [9.17, 15) is 8.42 Å². The Balaban J connectivity index is 2.41. The van der Waals surface area contributed by atoms with Gasteiger partial charge in [0.15, 0.2) is 0 Å². The Morgan fingerprint density at radius 1 is 1.05 bits per heavy atom. The van der Waals surface area contributed by atoms with Crippen molar-refractivity contribution in [1.82, 2.24) is 4.72 Å². The van der Waals surface area contributed by atoms with Crippen LogP contribution >= 0.6 is 23.2 Å². The number of hydrogen-bond acceptors (Lipinski definition) is 2. The molecule has 2 aromatic carbocycles. The standard InChI is InChI=1S/C15H15Cl2NO2S/c1-15(11-16,12-7-3-2-4-8-12)18-21(19,20)14-10-6-5-9-13(14)17/h2-10,18H,11H2,1H3. The average molecular weight is 344 g/mol. The van der Waals surface area contributed by atoms with E-state index in [1.54, 1.807) is 19.1 Å². The molecule has 0 heterocycles. The zero-order chi connectivity index (χ0) is 15.5. The highest BCUT2D eigenvalue weighted by Crippen LogP contribution is 2.27. The predicted molar refractivity (Wildman–Crippen MR) is 86.3 cm³/mol. The Hall–Kier alpha value is -1.07. The highest BCUT2D eigenvalue weighted by atomic mass is 35.5. The van der Waals surface area contributed by atoms with E-state index in [1.807, 2.05) is 30.3 Å². The van der Waals surface area contributed by atoms with E-state index in [2.05, 4.69) is 4.72 Å². The van der Waals surface area contributed by atoms with Gasteiger partial charge in [0.2, 0.25) is 10.0 Å². The van der Waals surface area contributed by atoms with Gasteiger partial charge in [0.25, 0.3) is 0 Å². The van der Waals surface area contributed by atoms with Crippen LogP contribution in [0, 0.1) is 0 Å². The number of sulfonamides is 1. The molecule has 112 valence electrons. The molecule has 1 N–H and O–H groups in total. The van der Waals surface area contributed by atoms with Crippen molar-refractivity contribution in [1.29, 1.82) is 0 Å². The molecule has 0 radical (unpaired) electrons. The van der Waals surface area contributed by atoms with Crippen molar-refractivity contribution in [2.75, 3.05) is 5.88 Å². The lowest BCUT2D eigenvalue weighted by Gasteiger charge is -2.29. The lowest BCUT2D eigenvalue weighted by molar-refractivity contribution is 0.477. The molecule has 0 aliphatic carbocycles. The molecule has 1 unspecified atom stereocenters. The van der Waals surface area contributed by atoms with Crippen LogP contribution in [0.1, 0.15) is 12.5 Å². The van der Waals surface area contributed by atoms with Gasteiger partial charge in [0.1, 0.15) is 4.90 Å². The molecular formula is C15H15Cl2NO2S. The van der Waals surface area contributed by atoms with Crippen molar-refractivity contribution in [2.45, 2.75) is 17.4 Å². The zero-order valence-electron chi connectivity index (χ0n) is 11.4. The normalized spacial score (nSPS) is 14.6. The molecule has 1 atom stereocenters. The molecule has 3 nitrogen and oxygen atoms in total. The summed E-state index contributed by atoms with van der Waals surface area (Å²) in [6.07, 6.45) is 0. The Bertz CT molecular complexity index is 719. The minimum Gasteiger partial charge on any atom is -0.207 e. The molecule has 0 saturated heterocycles. The number of benzene rings is 2. The van der Waals surface area contributed by atoms with Gasteiger partial charge in [-0.05, 0) is 24.6 Å². The quantitative estimate of drug-likeness (QED) is 0.840. The third-order valence-electron chi connectivity index (χ3n) is 3.16. The van der Waals surface area contributed by atoms with E-state index in [0.29, 0.717) is 0 Å². The van der Waals surface area contributed by atoms with Crippen LogP contribution in [0.5, 0.6) is 0 Å². The maximum atomic E-state index is 12.5. The Morgan fingerprint density at radius 3 is 2.19 bits per heavy atom. The number of alkyl halides is 1. The highest BCUT2D eigenvalue weighted by molar-refractivity contribution is 7.89. The van der Waals surface area contributed by atoms with Crippen LogP contribution in [0.3, 0.4) is 0 Å². The van der Waals surface area contributed by atoms with Crippen LogP contribution in [0.15, 0.2) is 59.5 Å². The summed E-state index contributed by atoms with van der Waals surface area (Å²) in [7, 11) is -3.78. The number of rotatable bonds is 5. The number of halogens is 2. The maximum absolute atomic E-state index is 12.5. The number of nitrogens with one attached hydrogen (secondary N) is 1.